The number of hydrogen-bond donors (Lipinski definition) is 6. The molecule has 0 aromatic heterocycles. The Hall–Kier alpha value is -6.40. The van der Waals surface area contributed by atoms with Crippen molar-refractivity contribution >= 4 is 70.9 Å². The Morgan fingerprint density at radius 2 is 0.824 bits per heavy atom. The van der Waals surface area contributed by atoms with E-state index in [2.05, 4.69) is 28.2 Å². The van der Waals surface area contributed by atoms with Gasteiger partial charge in [0.25, 0.3) is 5.91 Å². The third-order valence-electron chi connectivity index (χ3n) is 17.5. The van der Waals surface area contributed by atoms with Gasteiger partial charge in [-0.05, 0) is 93.8 Å². The van der Waals surface area contributed by atoms with Crippen LogP contribution < -0.4 is 21.3 Å². The molecule has 1 heterocycles. The molecule has 25 heteroatoms. The van der Waals surface area contributed by atoms with Crippen molar-refractivity contribution in [3.05, 3.63) is 0 Å². The lowest BCUT2D eigenvalue weighted by Crippen LogP contribution is -2.64. The Morgan fingerprint density at radius 3 is 1.26 bits per heavy atom. The molecule has 0 unspecified atom stereocenters. The van der Waals surface area contributed by atoms with Crippen molar-refractivity contribution < 1.29 is 67.7 Å². The largest absolute Gasteiger partial charge is 0.479 e. The molecule has 0 aliphatic carbocycles. The van der Waals surface area contributed by atoms with Gasteiger partial charge in [0.05, 0.1) is 6.10 Å². The second-order valence-corrected chi connectivity index (χ2v) is 27.9. The van der Waals surface area contributed by atoms with E-state index in [9.17, 15) is 48.6 Å². The topological polar surface area (TPSA) is 316 Å². The zero-order valence-corrected chi connectivity index (χ0v) is 59.7. The summed E-state index contributed by atoms with van der Waals surface area (Å²) in [4.78, 5) is 183. The normalized spacial score (nSPS) is 26.6. The van der Waals surface area contributed by atoms with Crippen LogP contribution in [0.15, 0.2) is 0 Å². The van der Waals surface area contributed by atoms with Gasteiger partial charge in [-0.2, -0.15) is 0 Å². The lowest BCUT2D eigenvalue weighted by Gasteiger charge is -2.41. The van der Waals surface area contributed by atoms with Gasteiger partial charge in [-0.3, -0.25) is 52.7 Å². The molecule has 0 aromatic rings. The molecule has 0 bridgehead atoms. The maximum atomic E-state index is 15.3. The Kier molecular flexibility index (Phi) is 34.4. The first-order valence-corrected chi connectivity index (χ1v) is 33.0. The fourth-order valence-electron chi connectivity index (χ4n) is 11.8. The zero-order valence-electron chi connectivity index (χ0n) is 59.7. The number of unbranched alkanes of at least 4 members (excludes halogenated alkanes) is 4. The number of likely N-dealkylation sites (N-methyl/N-ethyl adjacent to an activating group) is 7. The second kappa shape index (κ2) is 37.9. The summed E-state index contributed by atoms with van der Waals surface area (Å²) in [5, 5.41) is 33.9. The van der Waals surface area contributed by atoms with E-state index in [0.717, 1.165) is 42.5 Å². The number of carbonyl (C=O) groups excluding carboxylic acids is 11. The minimum absolute atomic E-state index is 0.0413. The van der Waals surface area contributed by atoms with E-state index in [4.69, 9.17) is 0 Å². The summed E-state index contributed by atoms with van der Waals surface area (Å²) in [6.07, 6.45) is 3.49. The molecule has 11 amide bonds. The summed E-state index contributed by atoms with van der Waals surface area (Å²) in [5.74, 6) is -13.4. The number of aliphatic hydroxyl groups excluding tert-OH is 1. The van der Waals surface area contributed by atoms with Crippen molar-refractivity contribution in [2.75, 3.05) is 49.3 Å². The average Bonchev–Trinajstić information content (AvgIpc) is 0.836. The van der Waals surface area contributed by atoms with Gasteiger partial charge in [0.1, 0.15) is 60.4 Å². The number of hydrogen-bond acceptors (Lipinski definition) is 13. The number of carboxylic acid groups (broad SMARTS) is 1. The quantitative estimate of drug-likeness (QED) is 0.0739. The van der Waals surface area contributed by atoms with Crippen molar-refractivity contribution in [2.24, 2.45) is 41.4 Å². The molecule has 0 saturated carbocycles. The summed E-state index contributed by atoms with van der Waals surface area (Å²) in [6.45, 7) is 29.5. The van der Waals surface area contributed by atoms with Crippen LogP contribution in [0.3, 0.4) is 0 Å². The third kappa shape index (κ3) is 23.3. The van der Waals surface area contributed by atoms with Gasteiger partial charge in [-0.1, -0.05) is 136 Å². The Balaban J connectivity index is 4.47. The number of rotatable bonds is 20. The van der Waals surface area contributed by atoms with Crippen molar-refractivity contribution in [3.63, 3.8) is 0 Å². The van der Waals surface area contributed by atoms with Crippen LogP contribution in [0.4, 0.5) is 0 Å². The lowest BCUT2D eigenvalue weighted by molar-refractivity contribution is -0.160. The maximum absolute atomic E-state index is 15.3. The van der Waals surface area contributed by atoms with Gasteiger partial charge < -0.3 is 65.8 Å². The van der Waals surface area contributed by atoms with Crippen LogP contribution in [0, 0.1) is 41.4 Å². The molecule has 0 radical (unpaired) electrons. The number of carbonyl (C=O) groups is 12. The number of amides is 11. The maximum Gasteiger partial charge on any atom is 0.336 e. The van der Waals surface area contributed by atoms with Gasteiger partial charge in [0.15, 0.2) is 0 Å². The van der Waals surface area contributed by atoms with E-state index in [1.807, 2.05) is 41.5 Å². The van der Waals surface area contributed by atoms with Crippen molar-refractivity contribution in [1.82, 2.24) is 55.6 Å². The molecule has 91 heavy (non-hydrogen) atoms. The predicted octanol–water partition coefficient (Wildman–Crippen LogP) is 4.12. The van der Waals surface area contributed by atoms with Crippen LogP contribution in [-0.4, -0.2) is 237 Å². The third-order valence-corrected chi connectivity index (χ3v) is 17.5. The molecule has 0 spiro atoms. The van der Waals surface area contributed by atoms with Crippen molar-refractivity contribution in [3.8, 4) is 0 Å². The van der Waals surface area contributed by atoms with Gasteiger partial charge in [0, 0.05) is 49.3 Å². The first-order valence-electron chi connectivity index (χ1n) is 33.0. The van der Waals surface area contributed by atoms with E-state index in [1.54, 1.807) is 48.5 Å². The Morgan fingerprint density at radius 1 is 0.418 bits per heavy atom. The average molecular weight is 1290 g/mol. The van der Waals surface area contributed by atoms with Crippen LogP contribution in [0.1, 0.15) is 188 Å². The van der Waals surface area contributed by atoms with E-state index in [-0.39, 0.29) is 55.8 Å². The smallest absolute Gasteiger partial charge is 0.336 e. The number of aliphatic carboxylic acids is 1. The van der Waals surface area contributed by atoms with Crippen molar-refractivity contribution in [2.45, 2.75) is 261 Å². The number of carboxylic acids is 1. The van der Waals surface area contributed by atoms with Crippen molar-refractivity contribution in [1.29, 1.82) is 0 Å². The molecule has 25 nitrogen and oxygen atoms in total. The Labute approximate surface area is 543 Å². The van der Waals surface area contributed by atoms with Crippen LogP contribution in [0.25, 0.3) is 0 Å². The van der Waals surface area contributed by atoms with Gasteiger partial charge in [0.2, 0.25) is 65.1 Å². The van der Waals surface area contributed by atoms with Crippen LogP contribution >= 0.6 is 0 Å². The SMILES string of the molecule is CCCCCCC[C@@H](C)[C@@H](O)[C@H]1C(=O)N[C@@H](CC)C(=O)N(C)[C@H](C(=O)O)C(=O)N(C)[C@@H](CC(C)C)C(=O)N[C@@H](C(C)C)C(=O)N(C)[C@@H](CC(C)C)C(=O)N[C@@H](C)C(=O)N[C@H](C)C(=O)N(C)[C@@H](CC(C)C)C(=O)N(C)[C@@H](CC(C)C)C(=O)N(C)[C@@H](C(C)C)C(=O)N1C. The highest BCUT2D eigenvalue weighted by atomic mass is 16.4. The van der Waals surface area contributed by atoms with E-state index in [0.29, 0.717) is 17.7 Å². The highest BCUT2D eigenvalue weighted by Crippen LogP contribution is 2.27. The van der Waals surface area contributed by atoms with Crippen LogP contribution in [0.5, 0.6) is 0 Å². The van der Waals surface area contributed by atoms with E-state index < -0.39 is 161 Å². The van der Waals surface area contributed by atoms with E-state index in [1.165, 1.54) is 82.7 Å². The van der Waals surface area contributed by atoms with Crippen LogP contribution in [-0.2, 0) is 57.5 Å². The molecule has 1 aliphatic rings. The second-order valence-electron chi connectivity index (χ2n) is 27.9. The fraction of sp³-hybridized carbons (Fsp3) is 0.818. The standard InChI is InChI=1S/C66H119N11O14/c1-25-27-28-29-30-31-42(15)54(78)52-58(82)69-45(26-2)60(84)77(24)53(66(90)91)65(89)72(19)47(33-37(5)6)57(81)70-50(40(11)12)63(87)71(18)46(32-36(3)4)56(80)67-43(16)55(79)68-44(17)59(83)73(20)48(34-38(7)8)61(85)74(21)49(35-39(9)10)62(86)75(22)51(41(13)14)64(88)76(52)23/h36-54,78H,25-35H2,1-24H3,(H,67,80)(H,68,79)(H,69,82)(H,70,81)(H,90,91)/t42-,43+,44-,45+,46+,47+,48+,49+,50+,51+,52+,53+,54-/m1/s1. The predicted molar refractivity (Wildman–Crippen MR) is 349 cm³/mol. The lowest BCUT2D eigenvalue weighted by atomic mass is 9.90. The summed E-state index contributed by atoms with van der Waals surface area (Å²) in [5.41, 5.74) is 0. The van der Waals surface area contributed by atoms with Gasteiger partial charge in [-0.15, -0.1) is 0 Å². The summed E-state index contributed by atoms with van der Waals surface area (Å²) >= 11 is 0. The zero-order chi connectivity index (χ0) is 70.5. The van der Waals surface area contributed by atoms with Crippen LogP contribution in [0.2, 0.25) is 0 Å². The minimum Gasteiger partial charge on any atom is -0.479 e. The fourth-order valence-corrected chi connectivity index (χ4v) is 11.8. The monoisotopic (exact) mass is 1290 g/mol. The first kappa shape index (κ1) is 82.6. The molecular weight excluding hydrogens is 1170 g/mol. The number of aliphatic hydroxyl groups is 1. The highest BCUT2D eigenvalue weighted by molar-refractivity contribution is 6.06. The molecule has 13 atom stereocenters. The summed E-state index contributed by atoms with van der Waals surface area (Å²) in [7, 11) is 9.25. The molecule has 1 saturated heterocycles. The Bertz CT molecular complexity index is 2470. The van der Waals surface area contributed by atoms with E-state index >= 15 is 19.2 Å². The minimum atomic E-state index is -2.27. The highest BCUT2D eigenvalue weighted by Gasteiger charge is 2.47. The van der Waals surface area contributed by atoms with Gasteiger partial charge in [-0.25, -0.2) is 4.79 Å². The molecule has 1 fully saturated rings. The molecule has 522 valence electrons. The summed E-state index contributed by atoms with van der Waals surface area (Å²) < 4.78 is 0. The van der Waals surface area contributed by atoms with Gasteiger partial charge >= 0.3 is 5.97 Å². The first-order chi connectivity index (χ1) is 42.0. The molecule has 0 aromatic carbocycles. The summed E-state index contributed by atoms with van der Waals surface area (Å²) in [6, 6.07) is -15.7. The molecule has 6 N–H and O–H groups in total. The molecule has 1 aliphatic heterocycles. The number of nitrogens with zero attached hydrogens (tertiary/aromatic N) is 7. The molecular formula is C66H119N11O14. The molecule has 1 rings (SSSR count). The number of nitrogens with one attached hydrogen (secondary N) is 4.